The third kappa shape index (κ3) is 5.19. The van der Waals surface area contributed by atoms with E-state index < -0.39 is 10.1 Å². The van der Waals surface area contributed by atoms with Crippen molar-refractivity contribution in [3.05, 3.63) is 29.8 Å². The van der Waals surface area contributed by atoms with Gasteiger partial charge in [0.25, 0.3) is 10.1 Å². The summed E-state index contributed by atoms with van der Waals surface area (Å²) in [6, 6.07) is 8.72. The molecule has 0 radical (unpaired) electrons. The molecule has 1 saturated heterocycles. The van der Waals surface area contributed by atoms with E-state index in [1.807, 2.05) is 24.3 Å². The molecule has 0 amide bonds. The van der Waals surface area contributed by atoms with Gasteiger partial charge in [-0.2, -0.15) is 8.42 Å². The highest BCUT2D eigenvalue weighted by Crippen LogP contribution is 2.28. The minimum absolute atomic E-state index is 0.179. The molecular weight excluding hydrogens is 326 g/mol. The Morgan fingerprint density at radius 2 is 1.75 bits per heavy atom. The van der Waals surface area contributed by atoms with Gasteiger partial charge in [-0.25, -0.2) is 0 Å². The topological polar surface area (TPSA) is 55.8 Å². The lowest BCUT2D eigenvalue weighted by molar-refractivity contribution is 0.0493. The van der Waals surface area contributed by atoms with Crippen molar-refractivity contribution in [2.45, 2.75) is 50.7 Å². The van der Waals surface area contributed by atoms with Crippen LogP contribution in [-0.4, -0.2) is 51.4 Å². The van der Waals surface area contributed by atoms with Crippen molar-refractivity contribution in [1.82, 2.24) is 4.90 Å². The maximum absolute atomic E-state index is 10.9. The molecule has 1 aromatic carbocycles. The molecule has 5 nitrogen and oxygen atoms in total. The summed E-state index contributed by atoms with van der Waals surface area (Å²) in [4.78, 5) is 2.62. The third-order valence-corrected chi connectivity index (χ3v) is 5.58. The Hall–Kier alpha value is -1.11. The molecule has 1 aromatic rings. The largest absolute Gasteiger partial charge is 0.490 e. The van der Waals surface area contributed by atoms with Crippen molar-refractivity contribution < 1.29 is 17.3 Å². The lowest BCUT2D eigenvalue weighted by atomic mass is 9.90. The SMILES string of the molecule is CS(=O)(=O)OCCc1ccc(OC2CCN(C3CCC3)CC2)cc1. The van der Waals surface area contributed by atoms with E-state index in [-0.39, 0.29) is 6.61 Å². The maximum Gasteiger partial charge on any atom is 0.264 e. The Kier molecular flexibility index (Phi) is 5.79. The van der Waals surface area contributed by atoms with Gasteiger partial charge in [-0.05, 0) is 49.8 Å². The summed E-state index contributed by atoms with van der Waals surface area (Å²) in [5.74, 6) is 0.893. The third-order valence-electron chi connectivity index (χ3n) is 4.98. The van der Waals surface area contributed by atoms with Crippen LogP contribution in [0, 0.1) is 0 Å². The van der Waals surface area contributed by atoms with Crippen LogP contribution in [0.15, 0.2) is 24.3 Å². The van der Waals surface area contributed by atoms with Crippen LogP contribution >= 0.6 is 0 Å². The normalized spacial score (nSPS) is 20.7. The molecule has 24 heavy (non-hydrogen) atoms. The van der Waals surface area contributed by atoms with Crippen molar-refractivity contribution in [3.63, 3.8) is 0 Å². The van der Waals surface area contributed by atoms with E-state index in [0.717, 1.165) is 49.5 Å². The quantitative estimate of drug-likeness (QED) is 0.705. The lowest BCUT2D eigenvalue weighted by Crippen LogP contribution is -2.46. The number of benzene rings is 1. The molecule has 2 aliphatic rings. The minimum Gasteiger partial charge on any atom is -0.490 e. The van der Waals surface area contributed by atoms with Crippen LogP contribution in [0.4, 0.5) is 0 Å². The molecule has 134 valence electrons. The molecule has 1 aliphatic carbocycles. The monoisotopic (exact) mass is 353 g/mol. The number of hydrogen-bond donors (Lipinski definition) is 0. The zero-order valence-electron chi connectivity index (χ0n) is 14.3. The Morgan fingerprint density at radius 3 is 2.29 bits per heavy atom. The summed E-state index contributed by atoms with van der Waals surface area (Å²) in [7, 11) is -3.36. The summed E-state index contributed by atoms with van der Waals surface area (Å²) >= 11 is 0. The van der Waals surface area contributed by atoms with Crippen molar-refractivity contribution in [2.75, 3.05) is 26.0 Å². The van der Waals surface area contributed by atoms with Crippen LogP contribution in [0.25, 0.3) is 0 Å². The summed E-state index contributed by atoms with van der Waals surface area (Å²) in [5, 5.41) is 0. The first-order valence-electron chi connectivity index (χ1n) is 8.84. The molecule has 1 saturated carbocycles. The predicted octanol–water partition coefficient (Wildman–Crippen LogP) is 2.60. The fourth-order valence-corrected chi connectivity index (χ4v) is 3.73. The van der Waals surface area contributed by atoms with Gasteiger partial charge in [0.05, 0.1) is 12.9 Å². The van der Waals surface area contributed by atoms with Crippen LogP contribution in [-0.2, 0) is 20.7 Å². The number of hydrogen-bond acceptors (Lipinski definition) is 5. The first-order valence-corrected chi connectivity index (χ1v) is 10.7. The summed E-state index contributed by atoms with van der Waals surface area (Å²) < 4.78 is 32.7. The molecule has 1 heterocycles. The summed E-state index contributed by atoms with van der Waals surface area (Å²) in [5.41, 5.74) is 1.05. The van der Waals surface area contributed by atoms with Gasteiger partial charge in [0.2, 0.25) is 0 Å². The average Bonchev–Trinajstić information content (AvgIpc) is 2.48. The maximum atomic E-state index is 10.9. The van der Waals surface area contributed by atoms with E-state index in [4.69, 9.17) is 8.92 Å². The van der Waals surface area contributed by atoms with Crippen molar-refractivity contribution in [1.29, 1.82) is 0 Å². The average molecular weight is 353 g/mol. The van der Waals surface area contributed by atoms with E-state index in [9.17, 15) is 8.42 Å². The Balaban J connectivity index is 1.41. The Morgan fingerprint density at radius 1 is 1.08 bits per heavy atom. The highest BCUT2D eigenvalue weighted by atomic mass is 32.2. The smallest absolute Gasteiger partial charge is 0.264 e. The standard InChI is InChI=1S/C18H27NO4S/c1-24(20,21)22-14-11-15-5-7-17(8-6-15)23-18-9-12-19(13-10-18)16-3-2-4-16/h5-8,16,18H,2-4,9-14H2,1H3. The second kappa shape index (κ2) is 7.85. The summed E-state index contributed by atoms with van der Waals surface area (Å²) in [6.07, 6.45) is 8.28. The fraction of sp³-hybridized carbons (Fsp3) is 0.667. The fourth-order valence-electron chi connectivity index (χ4n) is 3.35. The molecule has 0 atom stereocenters. The minimum atomic E-state index is -3.36. The van der Waals surface area contributed by atoms with Gasteiger partial charge in [-0.1, -0.05) is 18.6 Å². The van der Waals surface area contributed by atoms with Gasteiger partial charge >= 0.3 is 0 Å². The van der Waals surface area contributed by atoms with Crippen LogP contribution in [0.3, 0.4) is 0 Å². The molecule has 0 N–H and O–H groups in total. The highest BCUT2D eigenvalue weighted by molar-refractivity contribution is 7.85. The van der Waals surface area contributed by atoms with Gasteiger partial charge < -0.3 is 9.64 Å². The number of rotatable bonds is 7. The Bertz CT molecular complexity index is 617. The highest BCUT2D eigenvalue weighted by Gasteiger charge is 2.29. The molecule has 0 unspecified atom stereocenters. The van der Waals surface area contributed by atoms with Gasteiger partial charge in [-0.15, -0.1) is 0 Å². The number of piperidine rings is 1. The molecular formula is C18H27NO4S. The summed E-state index contributed by atoms with van der Waals surface area (Å²) in [6.45, 7) is 2.48. The van der Waals surface area contributed by atoms with E-state index in [2.05, 4.69) is 4.90 Å². The first kappa shape index (κ1) is 17.7. The number of nitrogens with zero attached hydrogens (tertiary/aromatic N) is 1. The van der Waals surface area contributed by atoms with Crippen LogP contribution in [0.5, 0.6) is 5.75 Å². The number of likely N-dealkylation sites (tertiary alicyclic amines) is 1. The molecule has 0 bridgehead atoms. The van der Waals surface area contributed by atoms with Gasteiger partial charge in [0, 0.05) is 19.1 Å². The predicted molar refractivity (Wildman–Crippen MR) is 93.8 cm³/mol. The molecule has 6 heteroatoms. The number of ether oxygens (including phenoxy) is 1. The van der Waals surface area contributed by atoms with Gasteiger partial charge in [0.1, 0.15) is 11.9 Å². The van der Waals surface area contributed by atoms with Crippen molar-refractivity contribution >= 4 is 10.1 Å². The zero-order chi connectivity index (χ0) is 17.0. The van der Waals surface area contributed by atoms with Gasteiger partial charge in [-0.3, -0.25) is 4.18 Å². The van der Waals surface area contributed by atoms with E-state index >= 15 is 0 Å². The van der Waals surface area contributed by atoms with Crippen molar-refractivity contribution in [3.8, 4) is 5.75 Å². The molecule has 2 fully saturated rings. The van der Waals surface area contributed by atoms with Crippen LogP contribution in [0.1, 0.15) is 37.7 Å². The van der Waals surface area contributed by atoms with Crippen LogP contribution < -0.4 is 4.74 Å². The second-order valence-corrected chi connectivity index (χ2v) is 8.50. The molecule has 1 aliphatic heterocycles. The lowest BCUT2D eigenvalue weighted by Gasteiger charge is -2.41. The van der Waals surface area contributed by atoms with E-state index in [0.29, 0.717) is 12.5 Å². The molecule has 0 spiro atoms. The second-order valence-electron chi connectivity index (χ2n) is 6.86. The van der Waals surface area contributed by atoms with Crippen LogP contribution in [0.2, 0.25) is 0 Å². The first-order chi connectivity index (χ1) is 11.5. The zero-order valence-corrected chi connectivity index (χ0v) is 15.1. The Labute approximate surface area is 145 Å². The van der Waals surface area contributed by atoms with Crippen molar-refractivity contribution in [2.24, 2.45) is 0 Å². The molecule has 3 rings (SSSR count). The molecule has 0 aromatic heterocycles. The van der Waals surface area contributed by atoms with E-state index in [1.165, 1.54) is 19.3 Å². The van der Waals surface area contributed by atoms with E-state index in [1.54, 1.807) is 0 Å². The van der Waals surface area contributed by atoms with Gasteiger partial charge in [0.15, 0.2) is 0 Å².